The second-order valence-electron chi connectivity index (χ2n) is 5.02. The number of rotatable bonds is 4. The molecule has 1 amide bonds. The minimum absolute atomic E-state index is 0.101. The third-order valence-electron chi connectivity index (χ3n) is 3.46. The molecular formula is C14H20N4OS. The second-order valence-corrected chi connectivity index (χ2v) is 5.46. The molecule has 1 aromatic rings. The van der Waals surface area contributed by atoms with Crippen LogP contribution < -0.4 is 11.1 Å². The van der Waals surface area contributed by atoms with E-state index >= 15 is 0 Å². The zero-order valence-corrected chi connectivity index (χ0v) is 12.4. The fourth-order valence-corrected chi connectivity index (χ4v) is 2.54. The normalized spacial score (nSPS) is 16.6. The quantitative estimate of drug-likeness (QED) is 0.824. The van der Waals surface area contributed by atoms with Crippen molar-refractivity contribution in [3.8, 4) is 0 Å². The molecule has 1 aliphatic heterocycles. The number of nitrogens with one attached hydrogen (secondary N) is 1. The zero-order valence-electron chi connectivity index (χ0n) is 11.6. The van der Waals surface area contributed by atoms with Gasteiger partial charge in [-0.15, -0.1) is 0 Å². The summed E-state index contributed by atoms with van der Waals surface area (Å²) in [6.07, 6.45) is 5.03. The van der Waals surface area contributed by atoms with Crippen molar-refractivity contribution in [1.82, 2.24) is 9.88 Å². The summed E-state index contributed by atoms with van der Waals surface area (Å²) in [5.41, 5.74) is 6.33. The second kappa shape index (κ2) is 6.65. The van der Waals surface area contributed by atoms with Crippen LogP contribution in [0.5, 0.6) is 0 Å². The first-order valence-electron chi connectivity index (χ1n) is 6.89. The van der Waals surface area contributed by atoms with Gasteiger partial charge in [-0.1, -0.05) is 12.2 Å². The first kappa shape index (κ1) is 14.7. The van der Waals surface area contributed by atoms with Gasteiger partial charge in [0.05, 0.1) is 5.56 Å². The van der Waals surface area contributed by atoms with E-state index in [4.69, 9.17) is 18.0 Å². The highest BCUT2D eigenvalue weighted by Gasteiger charge is 2.23. The predicted octanol–water partition coefficient (Wildman–Crippen LogP) is 1.53. The molecule has 0 saturated carbocycles. The number of carbonyl (C=O) groups excluding carboxylic acids is 1. The average molecular weight is 292 g/mol. The Morgan fingerprint density at radius 1 is 1.45 bits per heavy atom. The number of aromatic nitrogens is 1. The SMILES string of the molecule is CC(Nc1ncccc1C(N)=S)C(=O)N1CCCCC1. The van der Waals surface area contributed by atoms with Gasteiger partial charge >= 0.3 is 0 Å². The van der Waals surface area contributed by atoms with E-state index in [0.717, 1.165) is 25.9 Å². The van der Waals surface area contributed by atoms with Crippen molar-refractivity contribution in [1.29, 1.82) is 0 Å². The van der Waals surface area contributed by atoms with E-state index in [1.54, 1.807) is 18.3 Å². The summed E-state index contributed by atoms with van der Waals surface area (Å²) in [6.45, 7) is 3.53. The minimum atomic E-state index is -0.337. The lowest BCUT2D eigenvalue weighted by Gasteiger charge is -2.29. The molecule has 0 aromatic carbocycles. The standard InChI is InChI=1S/C14H20N4OS/c1-10(14(19)18-8-3-2-4-9-18)17-13-11(12(15)20)6-5-7-16-13/h5-7,10H,2-4,8-9H2,1H3,(H2,15,20)(H,16,17). The summed E-state index contributed by atoms with van der Waals surface area (Å²) in [4.78, 5) is 18.8. The van der Waals surface area contributed by atoms with Gasteiger partial charge in [-0.05, 0) is 38.3 Å². The van der Waals surface area contributed by atoms with E-state index in [1.807, 2.05) is 11.8 Å². The predicted molar refractivity (Wildman–Crippen MR) is 83.6 cm³/mol. The molecule has 0 radical (unpaired) electrons. The van der Waals surface area contributed by atoms with Crippen LogP contribution in [0.1, 0.15) is 31.7 Å². The summed E-state index contributed by atoms with van der Waals surface area (Å²) < 4.78 is 0. The van der Waals surface area contributed by atoms with E-state index < -0.39 is 0 Å². The number of hydrogen-bond donors (Lipinski definition) is 2. The molecule has 1 fully saturated rings. The molecule has 20 heavy (non-hydrogen) atoms. The molecule has 0 spiro atoms. The molecule has 6 heteroatoms. The number of nitrogens with zero attached hydrogens (tertiary/aromatic N) is 2. The van der Waals surface area contributed by atoms with Gasteiger partial charge in [0.1, 0.15) is 16.8 Å². The molecule has 108 valence electrons. The number of amides is 1. The van der Waals surface area contributed by atoms with Gasteiger partial charge in [-0.25, -0.2) is 4.98 Å². The van der Waals surface area contributed by atoms with Gasteiger partial charge in [0, 0.05) is 19.3 Å². The Bertz CT molecular complexity index is 500. The number of carbonyl (C=O) groups is 1. The minimum Gasteiger partial charge on any atom is -0.389 e. The average Bonchev–Trinajstić information content (AvgIpc) is 2.47. The van der Waals surface area contributed by atoms with Crippen LogP contribution in [0.25, 0.3) is 0 Å². The van der Waals surface area contributed by atoms with Crippen molar-refractivity contribution in [2.45, 2.75) is 32.2 Å². The van der Waals surface area contributed by atoms with E-state index in [1.165, 1.54) is 6.42 Å². The molecule has 1 saturated heterocycles. The van der Waals surface area contributed by atoms with Crippen molar-refractivity contribution in [2.75, 3.05) is 18.4 Å². The highest BCUT2D eigenvalue weighted by molar-refractivity contribution is 7.80. The Morgan fingerprint density at radius 3 is 2.80 bits per heavy atom. The summed E-state index contributed by atoms with van der Waals surface area (Å²) in [5, 5.41) is 3.12. The van der Waals surface area contributed by atoms with Crippen LogP contribution in [0, 0.1) is 0 Å². The summed E-state index contributed by atoms with van der Waals surface area (Å²) in [6, 6.07) is 3.24. The molecule has 1 aromatic heterocycles. The van der Waals surface area contributed by atoms with E-state index in [-0.39, 0.29) is 16.9 Å². The summed E-state index contributed by atoms with van der Waals surface area (Å²) >= 11 is 5.00. The van der Waals surface area contributed by atoms with Crippen molar-refractivity contribution in [3.05, 3.63) is 23.9 Å². The van der Waals surface area contributed by atoms with Crippen LogP contribution in [0.15, 0.2) is 18.3 Å². The Balaban J connectivity index is 2.05. The third kappa shape index (κ3) is 3.45. The number of nitrogens with two attached hydrogens (primary N) is 1. The Hall–Kier alpha value is -1.69. The number of piperidine rings is 1. The van der Waals surface area contributed by atoms with Gasteiger partial charge in [0.15, 0.2) is 0 Å². The van der Waals surface area contributed by atoms with Gasteiger partial charge in [0.25, 0.3) is 0 Å². The smallest absolute Gasteiger partial charge is 0.244 e. The maximum atomic E-state index is 12.4. The maximum absolute atomic E-state index is 12.4. The van der Waals surface area contributed by atoms with Gasteiger partial charge in [-0.3, -0.25) is 4.79 Å². The largest absolute Gasteiger partial charge is 0.389 e. The Labute approximate surface area is 124 Å². The first-order valence-corrected chi connectivity index (χ1v) is 7.30. The van der Waals surface area contributed by atoms with Gasteiger partial charge in [0.2, 0.25) is 5.91 Å². The first-order chi connectivity index (χ1) is 9.59. The summed E-state index contributed by atoms with van der Waals surface area (Å²) in [5.74, 6) is 0.669. The number of likely N-dealkylation sites (tertiary alicyclic amines) is 1. The van der Waals surface area contributed by atoms with Crippen LogP contribution in [-0.4, -0.2) is 39.9 Å². The molecule has 0 aliphatic carbocycles. The number of anilines is 1. The molecule has 5 nitrogen and oxygen atoms in total. The van der Waals surface area contributed by atoms with Crippen molar-refractivity contribution in [3.63, 3.8) is 0 Å². The summed E-state index contributed by atoms with van der Waals surface area (Å²) in [7, 11) is 0. The molecule has 2 rings (SSSR count). The highest BCUT2D eigenvalue weighted by atomic mass is 32.1. The number of pyridine rings is 1. The van der Waals surface area contributed by atoms with Crippen LogP contribution in [0.3, 0.4) is 0 Å². The van der Waals surface area contributed by atoms with Gasteiger partial charge < -0.3 is 16.0 Å². The maximum Gasteiger partial charge on any atom is 0.244 e. The monoisotopic (exact) mass is 292 g/mol. The molecule has 0 bridgehead atoms. The van der Waals surface area contributed by atoms with Crippen LogP contribution >= 0.6 is 12.2 Å². The van der Waals surface area contributed by atoms with Crippen LogP contribution in [-0.2, 0) is 4.79 Å². The lowest BCUT2D eigenvalue weighted by atomic mass is 10.1. The molecule has 1 unspecified atom stereocenters. The molecule has 2 heterocycles. The van der Waals surface area contributed by atoms with Crippen LogP contribution in [0.4, 0.5) is 5.82 Å². The van der Waals surface area contributed by atoms with E-state index in [0.29, 0.717) is 11.4 Å². The number of hydrogen-bond acceptors (Lipinski definition) is 4. The molecule has 1 atom stereocenters. The fraction of sp³-hybridized carbons (Fsp3) is 0.500. The van der Waals surface area contributed by atoms with Crippen molar-refractivity contribution in [2.24, 2.45) is 5.73 Å². The Morgan fingerprint density at radius 2 is 2.15 bits per heavy atom. The lowest BCUT2D eigenvalue weighted by Crippen LogP contribution is -2.44. The Kier molecular flexibility index (Phi) is 4.89. The van der Waals surface area contributed by atoms with Crippen molar-refractivity contribution >= 4 is 28.9 Å². The lowest BCUT2D eigenvalue weighted by molar-refractivity contribution is -0.132. The zero-order chi connectivity index (χ0) is 14.5. The number of thiocarbonyl (C=S) groups is 1. The van der Waals surface area contributed by atoms with Gasteiger partial charge in [-0.2, -0.15) is 0 Å². The topological polar surface area (TPSA) is 71.2 Å². The molecule has 3 N–H and O–H groups in total. The molecule has 1 aliphatic rings. The third-order valence-corrected chi connectivity index (χ3v) is 3.68. The van der Waals surface area contributed by atoms with E-state index in [9.17, 15) is 4.79 Å². The van der Waals surface area contributed by atoms with Crippen molar-refractivity contribution < 1.29 is 4.79 Å². The van der Waals surface area contributed by atoms with Crippen LogP contribution in [0.2, 0.25) is 0 Å². The highest BCUT2D eigenvalue weighted by Crippen LogP contribution is 2.15. The molecular weight excluding hydrogens is 272 g/mol. The van der Waals surface area contributed by atoms with E-state index in [2.05, 4.69) is 10.3 Å². The fourth-order valence-electron chi connectivity index (χ4n) is 2.37.